The first-order chi connectivity index (χ1) is 16.0. The molecular weight excluding hydrogens is 451 g/mol. The molecular formula is C23H24ClFN4O4. The van der Waals surface area contributed by atoms with Gasteiger partial charge in [-0.3, -0.25) is 9.69 Å². The number of piperidine rings is 1. The highest BCUT2D eigenvalue weighted by Gasteiger charge is 2.26. The number of ether oxygens (including phenoxy) is 2. The van der Waals surface area contributed by atoms with Crippen LogP contribution in [-0.4, -0.2) is 48.3 Å². The molecule has 1 N–H and O–H groups in total. The fourth-order valence-corrected chi connectivity index (χ4v) is 3.95. The number of aromatic nitrogens is 2. The number of halogens is 2. The predicted molar refractivity (Wildman–Crippen MR) is 121 cm³/mol. The molecule has 174 valence electrons. The summed E-state index contributed by atoms with van der Waals surface area (Å²) in [6.07, 6.45) is 1.38. The Hall–Kier alpha value is -3.17. The van der Waals surface area contributed by atoms with Crippen molar-refractivity contribution in [3.05, 3.63) is 53.1 Å². The second-order valence-corrected chi connectivity index (χ2v) is 8.16. The highest BCUT2D eigenvalue weighted by molar-refractivity contribution is 6.31. The number of likely N-dealkylation sites (tertiary alicyclic amines) is 1. The van der Waals surface area contributed by atoms with Gasteiger partial charge >= 0.3 is 0 Å². The summed E-state index contributed by atoms with van der Waals surface area (Å²) in [5.74, 6) is 1.45. The van der Waals surface area contributed by atoms with Crippen LogP contribution in [0.15, 0.2) is 40.9 Å². The number of carbonyl (C=O) groups excluding carboxylic acids is 1. The maximum atomic E-state index is 13.3. The molecule has 1 amide bonds. The molecule has 10 heteroatoms. The highest BCUT2D eigenvalue weighted by Crippen LogP contribution is 2.31. The fourth-order valence-electron chi connectivity index (χ4n) is 3.77. The van der Waals surface area contributed by atoms with Crippen LogP contribution in [0.5, 0.6) is 11.5 Å². The van der Waals surface area contributed by atoms with Crippen molar-refractivity contribution in [2.75, 3.05) is 32.6 Å². The smallest absolute Gasteiger partial charge is 0.241 e. The molecule has 0 bridgehead atoms. The van der Waals surface area contributed by atoms with E-state index in [0.29, 0.717) is 48.3 Å². The number of nitrogens with one attached hydrogen (secondary N) is 1. The van der Waals surface area contributed by atoms with Crippen LogP contribution in [0.1, 0.15) is 18.7 Å². The van der Waals surface area contributed by atoms with Gasteiger partial charge in [-0.15, -0.1) is 0 Å². The monoisotopic (exact) mass is 474 g/mol. The van der Waals surface area contributed by atoms with Crippen molar-refractivity contribution in [3.8, 4) is 22.9 Å². The normalized spacial score (nSPS) is 14.8. The van der Waals surface area contributed by atoms with E-state index in [9.17, 15) is 9.18 Å². The van der Waals surface area contributed by atoms with Crippen LogP contribution in [0.3, 0.4) is 0 Å². The molecule has 33 heavy (non-hydrogen) atoms. The van der Waals surface area contributed by atoms with Crippen LogP contribution in [0.25, 0.3) is 11.4 Å². The third kappa shape index (κ3) is 5.43. The Kier molecular flexibility index (Phi) is 7.10. The number of benzene rings is 2. The lowest BCUT2D eigenvalue weighted by molar-refractivity contribution is -0.121. The lowest BCUT2D eigenvalue weighted by Crippen LogP contribution is -2.37. The van der Waals surface area contributed by atoms with Gasteiger partial charge in [-0.05, 0) is 62.3 Å². The first-order valence-electron chi connectivity index (χ1n) is 10.5. The summed E-state index contributed by atoms with van der Waals surface area (Å²) in [7, 11) is 3.15. The van der Waals surface area contributed by atoms with E-state index in [1.54, 1.807) is 26.4 Å². The van der Waals surface area contributed by atoms with Gasteiger partial charge in [-0.1, -0.05) is 16.8 Å². The summed E-state index contributed by atoms with van der Waals surface area (Å²) < 4.78 is 29.3. The average Bonchev–Trinajstić information content (AvgIpc) is 3.30. The maximum Gasteiger partial charge on any atom is 0.241 e. The first-order valence-corrected chi connectivity index (χ1v) is 10.9. The Morgan fingerprint density at radius 3 is 2.64 bits per heavy atom. The molecule has 3 aromatic rings. The molecule has 0 radical (unpaired) electrons. The molecule has 0 atom stereocenters. The van der Waals surface area contributed by atoms with Gasteiger partial charge in [0.05, 0.1) is 25.8 Å². The number of anilines is 1. The minimum absolute atomic E-state index is 0.0189. The summed E-state index contributed by atoms with van der Waals surface area (Å²) >= 11 is 5.78. The summed E-state index contributed by atoms with van der Waals surface area (Å²) in [5, 5.41) is 6.87. The summed E-state index contributed by atoms with van der Waals surface area (Å²) in [5.41, 5.74) is 1.25. The van der Waals surface area contributed by atoms with Crippen LogP contribution in [0.4, 0.5) is 10.1 Å². The Morgan fingerprint density at radius 2 is 1.94 bits per heavy atom. The topological polar surface area (TPSA) is 89.7 Å². The lowest BCUT2D eigenvalue weighted by atomic mass is 9.96. The van der Waals surface area contributed by atoms with Crippen LogP contribution < -0.4 is 14.8 Å². The second-order valence-electron chi connectivity index (χ2n) is 7.75. The zero-order valence-corrected chi connectivity index (χ0v) is 19.1. The van der Waals surface area contributed by atoms with E-state index in [0.717, 1.165) is 18.7 Å². The molecule has 0 unspecified atom stereocenters. The van der Waals surface area contributed by atoms with Crippen molar-refractivity contribution in [1.82, 2.24) is 15.0 Å². The Labute approximate surface area is 195 Å². The van der Waals surface area contributed by atoms with Gasteiger partial charge in [0.2, 0.25) is 17.6 Å². The maximum absolute atomic E-state index is 13.3. The zero-order chi connectivity index (χ0) is 23.4. The first kappa shape index (κ1) is 23.0. The molecule has 1 aliphatic rings. The molecule has 1 saturated heterocycles. The van der Waals surface area contributed by atoms with E-state index in [4.69, 9.17) is 25.6 Å². The number of nitrogens with zero attached hydrogens (tertiary/aromatic N) is 3. The van der Waals surface area contributed by atoms with E-state index in [1.165, 1.54) is 18.2 Å². The number of methoxy groups -OCH3 is 2. The van der Waals surface area contributed by atoms with E-state index in [2.05, 4.69) is 20.4 Å². The third-order valence-corrected chi connectivity index (χ3v) is 5.90. The van der Waals surface area contributed by atoms with Crippen molar-refractivity contribution in [1.29, 1.82) is 0 Å². The SMILES string of the molecule is COc1ccc(-c2noc(CN3CCC(C(=O)Nc4ccc(F)c(Cl)c4)CC3)n2)cc1OC. The van der Waals surface area contributed by atoms with Gasteiger partial charge in [-0.2, -0.15) is 4.98 Å². The number of hydrogen-bond donors (Lipinski definition) is 1. The quantitative estimate of drug-likeness (QED) is 0.543. The van der Waals surface area contributed by atoms with Crippen molar-refractivity contribution in [3.63, 3.8) is 0 Å². The Balaban J connectivity index is 1.31. The van der Waals surface area contributed by atoms with E-state index in [-0.39, 0.29) is 16.8 Å². The van der Waals surface area contributed by atoms with Gasteiger partial charge in [-0.25, -0.2) is 4.39 Å². The van der Waals surface area contributed by atoms with Gasteiger partial charge in [0.1, 0.15) is 5.82 Å². The van der Waals surface area contributed by atoms with Gasteiger partial charge in [0.25, 0.3) is 0 Å². The third-order valence-electron chi connectivity index (χ3n) is 5.61. The van der Waals surface area contributed by atoms with Gasteiger partial charge in [0, 0.05) is 17.2 Å². The summed E-state index contributed by atoms with van der Waals surface area (Å²) in [4.78, 5) is 19.2. The molecule has 8 nitrogen and oxygen atoms in total. The van der Waals surface area contributed by atoms with Crippen molar-refractivity contribution in [2.24, 2.45) is 5.92 Å². The van der Waals surface area contributed by atoms with Gasteiger partial charge in [0.15, 0.2) is 11.5 Å². The van der Waals surface area contributed by atoms with E-state index in [1.807, 2.05) is 6.07 Å². The van der Waals surface area contributed by atoms with Crippen LogP contribution >= 0.6 is 11.6 Å². The van der Waals surface area contributed by atoms with Crippen LogP contribution in [0, 0.1) is 11.7 Å². The van der Waals surface area contributed by atoms with Crippen LogP contribution in [0.2, 0.25) is 5.02 Å². The largest absolute Gasteiger partial charge is 0.493 e. The molecule has 1 aromatic heterocycles. The minimum Gasteiger partial charge on any atom is -0.493 e. The molecule has 4 rings (SSSR count). The van der Waals surface area contributed by atoms with E-state index >= 15 is 0 Å². The number of hydrogen-bond acceptors (Lipinski definition) is 7. The van der Waals surface area contributed by atoms with Crippen molar-refractivity contribution in [2.45, 2.75) is 19.4 Å². The number of rotatable bonds is 7. The Bertz CT molecular complexity index is 1130. The van der Waals surface area contributed by atoms with Crippen molar-refractivity contribution < 1.29 is 23.2 Å². The molecule has 0 saturated carbocycles. The van der Waals surface area contributed by atoms with Crippen molar-refractivity contribution >= 4 is 23.2 Å². The molecule has 0 aliphatic carbocycles. The van der Waals surface area contributed by atoms with Gasteiger partial charge < -0.3 is 19.3 Å². The minimum atomic E-state index is -0.515. The molecule has 2 heterocycles. The average molecular weight is 475 g/mol. The number of carbonyl (C=O) groups is 1. The molecule has 2 aromatic carbocycles. The van der Waals surface area contributed by atoms with Crippen LogP contribution in [-0.2, 0) is 11.3 Å². The zero-order valence-electron chi connectivity index (χ0n) is 18.3. The second kappa shape index (κ2) is 10.2. The summed E-state index contributed by atoms with van der Waals surface area (Å²) in [6, 6.07) is 9.58. The summed E-state index contributed by atoms with van der Waals surface area (Å²) in [6.45, 7) is 1.94. The predicted octanol–water partition coefficient (Wildman–Crippen LogP) is 4.40. The molecule has 1 fully saturated rings. The van der Waals surface area contributed by atoms with E-state index < -0.39 is 5.82 Å². The molecule has 1 aliphatic heterocycles. The highest BCUT2D eigenvalue weighted by atomic mass is 35.5. The standard InChI is InChI=1S/C23H24ClFN4O4/c1-31-19-6-3-15(11-20(19)32-2)22-27-21(33-28-22)13-29-9-7-14(8-10-29)23(30)26-16-4-5-18(25)17(24)12-16/h3-6,11-12,14H,7-10,13H2,1-2H3,(H,26,30). The fraction of sp³-hybridized carbons (Fsp3) is 0.348. The number of amides is 1. The molecule has 0 spiro atoms. The Morgan fingerprint density at radius 1 is 1.18 bits per heavy atom. The lowest BCUT2D eigenvalue weighted by Gasteiger charge is -2.30.